The molecule has 0 spiro atoms. The van der Waals surface area contributed by atoms with E-state index in [1.54, 1.807) is 3.28 Å². The van der Waals surface area contributed by atoms with E-state index in [-0.39, 0.29) is 30.2 Å². The molecule has 0 aromatic heterocycles. The van der Waals surface area contributed by atoms with Crippen LogP contribution in [0.15, 0.2) is 124 Å². The van der Waals surface area contributed by atoms with E-state index in [2.05, 4.69) is 198 Å². The number of hydrogen-bond acceptors (Lipinski definition) is 0. The Kier molecular flexibility index (Phi) is 13.0. The van der Waals surface area contributed by atoms with Gasteiger partial charge in [-0.2, -0.15) is 0 Å². The van der Waals surface area contributed by atoms with Gasteiger partial charge in [-0.1, -0.05) is 0 Å². The zero-order valence-corrected chi connectivity index (χ0v) is 42.8. The fraction of sp³-hybridized carbons (Fsp3) is 0.293. The van der Waals surface area contributed by atoms with E-state index in [1.165, 1.54) is 104 Å². The van der Waals surface area contributed by atoms with E-state index >= 15 is 0 Å². The number of allylic oxidation sites excluding steroid dienone is 4. The van der Waals surface area contributed by atoms with E-state index < -0.39 is 18.3 Å². The third kappa shape index (κ3) is 7.60. The van der Waals surface area contributed by atoms with E-state index in [1.807, 2.05) is 0 Å². The molecule has 2 aliphatic carbocycles. The van der Waals surface area contributed by atoms with Crippen molar-refractivity contribution in [2.45, 2.75) is 102 Å². The monoisotopic (exact) mass is 922 g/mol. The van der Waals surface area contributed by atoms with Gasteiger partial charge < -0.3 is 0 Å². The Morgan fingerprint density at radius 3 is 1.54 bits per heavy atom. The van der Waals surface area contributed by atoms with Crippen LogP contribution in [0.4, 0.5) is 0 Å². The van der Waals surface area contributed by atoms with Crippen molar-refractivity contribution < 1.29 is 18.3 Å². The molecule has 0 amide bonds. The predicted molar refractivity (Wildman–Crippen MR) is 271 cm³/mol. The second kappa shape index (κ2) is 17.0. The molecule has 0 radical (unpaired) electrons. The normalized spacial score (nSPS) is 14.7. The van der Waals surface area contributed by atoms with Crippen molar-refractivity contribution in [3.8, 4) is 33.4 Å². The van der Waals surface area contributed by atoms with Crippen LogP contribution in [0.25, 0.3) is 33.4 Å². The number of halogens is 2. The van der Waals surface area contributed by atoms with E-state index in [0.29, 0.717) is 5.92 Å². The molecular weight excluding hydrogens is 859 g/mol. The topological polar surface area (TPSA) is 0 Å². The zero-order chi connectivity index (χ0) is 42.2. The van der Waals surface area contributed by atoms with Crippen molar-refractivity contribution in [1.29, 1.82) is 0 Å². The molecule has 61 heavy (non-hydrogen) atoms. The minimum atomic E-state index is -5.33. The zero-order valence-electron chi connectivity index (χ0n) is 38.7. The first-order valence-electron chi connectivity index (χ1n) is 22.0. The molecular formula is C58H66Cl2Zr. The summed E-state index contributed by atoms with van der Waals surface area (Å²) < 4.78 is 12.1. The van der Waals surface area contributed by atoms with Gasteiger partial charge in [-0.05, 0) is 0 Å². The van der Waals surface area contributed by atoms with E-state index in [0.717, 1.165) is 19.3 Å². The quantitative estimate of drug-likeness (QED) is 0.142. The van der Waals surface area contributed by atoms with Crippen molar-refractivity contribution in [3.63, 3.8) is 0 Å². The Bertz CT molecular complexity index is 2710. The first-order valence-corrected chi connectivity index (χ1v) is 28.7. The van der Waals surface area contributed by atoms with E-state index in [9.17, 15) is 0 Å². The van der Waals surface area contributed by atoms with Crippen molar-refractivity contribution in [3.05, 3.63) is 180 Å². The fourth-order valence-corrected chi connectivity index (χ4v) is 28.4. The number of benzene rings is 6. The van der Waals surface area contributed by atoms with Gasteiger partial charge in [0.05, 0.1) is 0 Å². The average Bonchev–Trinajstić information content (AvgIpc) is 3.77. The van der Waals surface area contributed by atoms with Gasteiger partial charge in [0.25, 0.3) is 0 Å². The summed E-state index contributed by atoms with van der Waals surface area (Å²) in [5, 5.41) is 0. The van der Waals surface area contributed by atoms with Crippen molar-refractivity contribution in [2.24, 2.45) is 11.3 Å². The Morgan fingerprint density at radius 1 is 0.574 bits per heavy atom. The molecule has 3 heteroatoms. The third-order valence-electron chi connectivity index (χ3n) is 14.1. The van der Waals surface area contributed by atoms with Gasteiger partial charge in [-0.15, -0.1) is 24.8 Å². The summed E-state index contributed by atoms with van der Waals surface area (Å²) in [4.78, 5) is 0. The van der Waals surface area contributed by atoms with Crippen LogP contribution in [-0.2, 0) is 24.7 Å². The van der Waals surface area contributed by atoms with Crippen LogP contribution in [0.5, 0.6) is 0 Å². The maximum atomic E-state index is 6.11. The molecule has 0 heterocycles. The summed E-state index contributed by atoms with van der Waals surface area (Å²) in [5.41, 5.74) is 23.1. The standard InChI is InChI=1S/C31H29.C12H19.2C7H7.CH2.2ClH.Zr/c1-18-11-20(3)30(21(4)12-18)24-7-9-28-26(15-24)17-27-16-25(8-10-29(27)28)31-22(5)13-19(2)14-23(31)6;1-5-6-10-7-8-11(9-10)12(2,3)4;2*1-7-5-3-2-4-6-7;;;;/h7-15H,17H2,1-6H3;8-10H,5-6H2,1-4H3;2*3-6H,1H3;1H2;2*1H;. The molecule has 0 bridgehead atoms. The minimum absolute atomic E-state index is 0. The Hall–Kier alpha value is -3.87. The van der Waals surface area contributed by atoms with Gasteiger partial charge in [0.1, 0.15) is 0 Å². The second-order valence-corrected chi connectivity index (χ2v) is 32.3. The molecule has 2 aliphatic rings. The van der Waals surface area contributed by atoms with Gasteiger partial charge in [0.15, 0.2) is 0 Å². The molecule has 6 aromatic carbocycles. The predicted octanol–water partition coefficient (Wildman–Crippen LogP) is 14.6. The average molecular weight is 925 g/mol. The number of fused-ring (bicyclic) bond motifs is 3. The third-order valence-corrected chi connectivity index (χ3v) is 30.5. The van der Waals surface area contributed by atoms with Crippen LogP contribution in [0.1, 0.15) is 96.2 Å². The Balaban J connectivity index is 0.00000311. The summed E-state index contributed by atoms with van der Waals surface area (Å²) in [5.74, 6) is 0.298. The molecule has 0 saturated heterocycles. The van der Waals surface area contributed by atoms with Crippen LogP contribution < -0.4 is 9.81 Å². The van der Waals surface area contributed by atoms with Gasteiger partial charge in [0, 0.05) is 0 Å². The first kappa shape index (κ1) is 46.6. The molecule has 6 aromatic rings. The first-order chi connectivity index (χ1) is 27.9. The molecule has 0 nitrogen and oxygen atoms in total. The van der Waals surface area contributed by atoms with Gasteiger partial charge in [-0.25, -0.2) is 0 Å². The fourth-order valence-electron chi connectivity index (χ4n) is 11.5. The van der Waals surface area contributed by atoms with Crippen molar-refractivity contribution in [1.82, 2.24) is 0 Å². The van der Waals surface area contributed by atoms with E-state index in [4.69, 9.17) is 4.21 Å². The summed E-state index contributed by atoms with van der Waals surface area (Å²) in [6.07, 6.45) is 8.44. The number of rotatable bonds is 8. The van der Waals surface area contributed by atoms with Crippen LogP contribution in [0, 0.1) is 66.7 Å². The molecule has 1 atom stereocenters. The van der Waals surface area contributed by atoms with Crippen LogP contribution in [-0.4, -0.2) is 4.21 Å². The maximum absolute atomic E-state index is 6.11. The Labute approximate surface area is 381 Å². The number of aryl methyl sites for hydroxylation is 8. The molecule has 8 rings (SSSR count). The van der Waals surface area contributed by atoms with Gasteiger partial charge in [0.2, 0.25) is 0 Å². The molecule has 316 valence electrons. The van der Waals surface area contributed by atoms with Gasteiger partial charge >= 0.3 is 359 Å². The van der Waals surface area contributed by atoms with Crippen molar-refractivity contribution in [2.75, 3.05) is 0 Å². The molecule has 0 fully saturated rings. The molecule has 1 unspecified atom stereocenters. The molecule has 0 saturated carbocycles. The summed E-state index contributed by atoms with van der Waals surface area (Å²) in [7, 11) is 0. The summed E-state index contributed by atoms with van der Waals surface area (Å²) in [6, 6.07) is 41.2. The second-order valence-electron chi connectivity index (χ2n) is 19.7. The van der Waals surface area contributed by atoms with Crippen LogP contribution in [0.3, 0.4) is 0 Å². The SMILES string of the molecule is Cl.Cl.[CH2]=[Zr]([C]1=CC(C(C)(C)C)=CC1CCC)([c]1ccc(C)cc1)([c]1ccc(C)cc1)[c]1c(-c2c(C)cc(C)cc2C)ccc2c1Cc1cc(-c3c(C)cc(C)cc3C)ccc1-2. The number of hydrogen-bond donors (Lipinski definition) is 0. The molecule has 0 aliphatic heterocycles. The summed E-state index contributed by atoms with van der Waals surface area (Å²) in [6.45, 7) is 27.6. The Morgan fingerprint density at radius 2 is 1.05 bits per heavy atom. The molecule has 0 N–H and O–H groups in total. The summed E-state index contributed by atoms with van der Waals surface area (Å²) >= 11 is -5.33. The van der Waals surface area contributed by atoms with Gasteiger partial charge in [-0.3, -0.25) is 0 Å². The van der Waals surface area contributed by atoms with Crippen LogP contribution >= 0.6 is 24.8 Å². The van der Waals surface area contributed by atoms with Crippen LogP contribution in [0.2, 0.25) is 0 Å². The van der Waals surface area contributed by atoms with Crippen molar-refractivity contribution >= 4 is 38.8 Å².